The van der Waals surface area contributed by atoms with Gasteiger partial charge in [-0.3, -0.25) is 4.79 Å². The third-order valence-corrected chi connectivity index (χ3v) is 8.10. The molecular weight excluding hydrogens is 855 g/mol. The van der Waals surface area contributed by atoms with Crippen molar-refractivity contribution in [2.24, 2.45) is 10.9 Å². The number of ether oxygens (including phenoxy) is 1. The Morgan fingerprint density at radius 3 is 2.38 bits per heavy atom. The Hall–Kier alpha value is -2.82. The van der Waals surface area contributed by atoms with Crippen LogP contribution < -0.4 is 15.0 Å². The van der Waals surface area contributed by atoms with Gasteiger partial charge in [-0.1, -0.05) is 20.8 Å². The van der Waals surface area contributed by atoms with E-state index >= 15 is 0 Å². The molecule has 1 aliphatic heterocycles. The molecule has 2 amide bonds. The number of benzene rings is 2. The summed E-state index contributed by atoms with van der Waals surface area (Å²) < 4.78 is 42.4. The summed E-state index contributed by atoms with van der Waals surface area (Å²) >= 11 is 1.29. The van der Waals surface area contributed by atoms with Gasteiger partial charge >= 0.3 is 43.5 Å². The number of ketones is 1. The van der Waals surface area contributed by atoms with E-state index in [4.69, 9.17) is 0 Å². The van der Waals surface area contributed by atoms with Crippen molar-refractivity contribution in [1.82, 2.24) is 20.1 Å². The Balaban J connectivity index is 0.000000965. The predicted octanol–water partition coefficient (Wildman–Crippen LogP) is 7.56. The molecule has 0 unspecified atom stereocenters. The van der Waals surface area contributed by atoms with Crippen LogP contribution in [0.1, 0.15) is 57.1 Å². The molecule has 4 rings (SSSR count). The first-order valence-corrected chi connectivity index (χ1v) is 15.9. The molecule has 14 heteroatoms. The maximum absolute atomic E-state index is 12.3. The van der Waals surface area contributed by atoms with Crippen LogP contribution in [0.25, 0.3) is 5.69 Å². The molecule has 3 aromatic rings. The first kappa shape index (κ1) is 42.2. The van der Waals surface area contributed by atoms with Gasteiger partial charge in [-0.25, -0.2) is 9.48 Å². The van der Waals surface area contributed by atoms with E-state index < -0.39 is 12.4 Å². The number of carbonyl (C=O) groups excluding carboxylic acids is 2. The van der Waals surface area contributed by atoms with Crippen molar-refractivity contribution in [1.29, 1.82) is 0 Å². The van der Waals surface area contributed by atoms with E-state index in [-0.39, 0.29) is 50.1 Å². The van der Waals surface area contributed by atoms with Crippen LogP contribution in [-0.4, -0.2) is 63.4 Å². The molecule has 254 valence electrons. The normalized spacial score (nSPS) is 13.4. The number of hydrogen-bond acceptors (Lipinski definition) is 7. The summed E-state index contributed by atoms with van der Waals surface area (Å²) in [4.78, 5) is 34.0. The van der Waals surface area contributed by atoms with Gasteiger partial charge in [-0.15, -0.1) is 30.0 Å². The van der Waals surface area contributed by atoms with Gasteiger partial charge in [0.05, 0.1) is 16.5 Å². The van der Waals surface area contributed by atoms with Gasteiger partial charge in [0.2, 0.25) is 5.95 Å². The van der Waals surface area contributed by atoms with E-state index in [1.54, 1.807) is 6.92 Å². The van der Waals surface area contributed by atoms with Crippen LogP contribution in [-0.2, 0) is 4.79 Å². The number of carbonyl (C=O) groups is 2. The average molecular weight is 899 g/mol. The number of anilines is 1. The van der Waals surface area contributed by atoms with Gasteiger partial charge in [-0.05, 0) is 62.8 Å². The summed E-state index contributed by atoms with van der Waals surface area (Å²) in [7, 11) is 0. The molecule has 2 aromatic carbocycles. The summed E-state index contributed by atoms with van der Waals surface area (Å²) in [5.74, 6) is 1.21. The van der Waals surface area contributed by atoms with Crippen molar-refractivity contribution >= 4 is 34.6 Å². The Bertz CT molecular complexity index is 1390. The van der Waals surface area contributed by atoms with Crippen LogP contribution in [0.2, 0.25) is 0 Å². The molecule has 0 saturated carbocycles. The zero-order valence-corrected chi connectivity index (χ0v) is 32.5. The Kier molecular flexibility index (Phi) is 19.0. The predicted molar refractivity (Wildman–Crippen MR) is 178 cm³/mol. The second-order valence-corrected chi connectivity index (χ2v) is 11.9. The van der Waals surface area contributed by atoms with Crippen LogP contribution >= 0.6 is 11.8 Å². The summed E-state index contributed by atoms with van der Waals surface area (Å²) in [5.41, 5.74) is 3.22. The summed E-state index contributed by atoms with van der Waals surface area (Å²) in [6.07, 6.45) is 0.832. The maximum Gasteiger partial charge on any atom is 2.00 e. The van der Waals surface area contributed by atoms with Gasteiger partial charge < -0.3 is 22.4 Å². The monoisotopic (exact) mass is 898 g/mol. The standard InChI is InChI=1S/C24H31F3N6O3S.C8H9.CH3.U/c1-3-4-20(34)15-37-17(2)30-23(35)28-12-9-18-10-13-32(14-11-18)22-29-16-33(31-22)19-5-7-21(8-6-19)36-24(25,26)27;1-7-5-3-4-6-8(7)2;;/h5-8,16,18H,3-4,9-15H2,1-2H3,(H,28,35);3,5-6H,1-2H3;1H3;/q;2*-1;+2/b30-17-;;;. The van der Waals surface area contributed by atoms with E-state index in [1.807, 2.05) is 19.1 Å². The van der Waals surface area contributed by atoms with Crippen molar-refractivity contribution in [2.45, 2.75) is 66.2 Å². The summed E-state index contributed by atoms with van der Waals surface area (Å²) in [6.45, 7) is 9.93. The van der Waals surface area contributed by atoms with E-state index in [2.05, 4.69) is 56.0 Å². The fourth-order valence-electron chi connectivity index (χ4n) is 4.47. The Morgan fingerprint density at radius 1 is 1.13 bits per heavy atom. The van der Waals surface area contributed by atoms with Crippen molar-refractivity contribution in [3.63, 3.8) is 0 Å². The number of nitrogens with one attached hydrogen (secondary N) is 1. The number of nitrogens with zero attached hydrogens (tertiary/aromatic N) is 5. The van der Waals surface area contributed by atoms with Crippen LogP contribution in [0, 0.1) is 64.4 Å². The van der Waals surface area contributed by atoms with Crippen LogP contribution in [0.15, 0.2) is 53.8 Å². The fourth-order valence-corrected chi connectivity index (χ4v) is 5.13. The molecule has 0 bridgehead atoms. The molecule has 0 aliphatic carbocycles. The van der Waals surface area contributed by atoms with E-state index in [1.165, 1.54) is 58.2 Å². The summed E-state index contributed by atoms with van der Waals surface area (Å²) in [5, 5.41) is 7.85. The molecular formula is C33H43F3N6O3SU. The average Bonchev–Trinajstić information content (AvgIpc) is 3.49. The molecule has 1 aromatic heterocycles. The molecule has 0 radical (unpaired) electrons. The second-order valence-electron chi connectivity index (χ2n) is 10.7. The van der Waals surface area contributed by atoms with Gasteiger partial charge in [0.15, 0.2) is 0 Å². The number of hydrogen-bond donors (Lipinski definition) is 1. The minimum Gasteiger partial charge on any atom is -0.406 e. The molecule has 1 N–H and O–H groups in total. The van der Waals surface area contributed by atoms with Gasteiger partial charge in [0.1, 0.15) is 17.9 Å². The maximum atomic E-state index is 12.3. The number of urea groups is 1. The van der Waals surface area contributed by atoms with Crippen molar-refractivity contribution in [2.75, 3.05) is 30.3 Å². The number of piperidine rings is 1. The first-order chi connectivity index (χ1) is 21.4. The van der Waals surface area contributed by atoms with Crippen LogP contribution in [0.5, 0.6) is 5.75 Å². The van der Waals surface area contributed by atoms with Crippen LogP contribution in [0.3, 0.4) is 0 Å². The zero-order valence-electron chi connectivity index (χ0n) is 27.6. The van der Waals surface area contributed by atoms with Gasteiger partial charge in [0, 0.05) is 26.1 Å². The zero-order chi connectivity index (χ0) is 32.8. The fraction of sp³-hybridized carbons (Fsp3) is 0.455. The number of aryl methyl sites for hydroxylation is 2. The summed E-state index contributed by atoms with van der Waals surface area (Å²) in [6, 6.07) is 14.0. The Morgan fingerprint density at radius 2 is 1.81 bits per heavy atom. The quantitative estimate of drug-likeness (QED) is 0.128. The molecule has 1 fully saturated rings. The number of alkyl halides is 3. The topological polar surface area (TPSA) is 102 Å². The van der Waals surface area contributed by atoms with Crippen molar-refractivity contribution in [3.8, 4) is 11.4 Å². The number of aliphatic imine (C=N–C) groups is 1. The minimum atomic E-state index is -4.73. The molecule has 1 aliphatic rings. The molecule has 0 spiro atoms. The number of amides is 2. The van der Waals surface area contributed by atoms with Gasteiger partial charge in [-0.2, -0.15) is 45.4 Å². The molecule has 47 heavy (non-hydrogen) atoms. The van der Waals surface area contributed by atoms with E-state index in [0.29, 0.717) is 41.3 Å². The first-order valence-electron chi connectivity index (χ1n) is 14.9. The molecule has 9 nitrogen and oxygen atoms in total. The number of halogens is 3. The number of Topliss-reactive ketones (excluding diaryl/α,β-unsaturated/α-hetero) is 1. The van der Waals surface area contributed by atoms with E-state index in [9.17, 15) is 22.8 Å². The van der Waals surface area contributed by atoms with E-state index in [0.717, 1.165) is 38.8 Å². The smallest absolute Gasteiger partial charge is 0.406 e. The largest absolute Gasteiger partial charge is 2.00 e. The number of aromatic nitrogens is 3. The van der Waals surface area contributed by atoms with Crippen LogP contribution in [0.4, 0.5) is 23.9 Å². The SMILES string of the molecule is CCCC(=O)CS/C(C)=N\C(=O)NCCC1CCN(c2ncn(-c3ccc(OC(F)(F)F)cc3)n2)CC1.Cc1c[c-]ccc1C.[CH3-].[U+2]. The third kappa shape index (κ3) is 15.8. The van der Waals surface area contributed by atoms with Gasteiger partial charge in [0.25, 0.3) is 0 Å². The number of rotatable bonds is 10. The number of thioether (sulfide) groups is 1. The van der Waals surface area contributed by atoms with Crippen molar-refractivity contribution < 1.29 is 58.6 Å². The minimum absolute atomic E-state index is 0. The van der Waals surface area contributed by atoms with Crippen molar-refractivity contribution in [3.05, 3.63) is 73.4 Å². The molecule has 2 heterocycles. The third-order valence-electron chi connectivity index (χ3n) is 7.12. The molecule has 0 atom stereocenters. The second kappa shape index (κ2) is 21.2. The Labute approximate surface area is 303 Å². The molecule has 1 saturated heterocycles.